The van der Waals surface area contributed by atoms with Crippen LogP contribution in [0.5, 0.6) is 0 Å². The van der Waals surface area contributed by atoms with Crippen LogP contribution in [0.4, 0.5) is 0 Å². The first kappa shape index (κ1) is 33.1. The SMILES string of the molecule is C[C@H]([C@H](C)NC(=O)[C@@H]1C([C@H](C)O)[C@H](CO)ON1Cc1cccc(C#CCNS(=O)(=O)c2ccccc2)c1)[C@@H]1CCC1(C)C. The van der Waals surface area contributed by atoms with Gasteiger partial charge in [0.05, 0.1) is 30.7 Å². The molecule has 7 atom stereocenters. The van der Waals surface area contributed by atoms with Gasteiger partial charge in [0.2, 0.25) is 15.9 Å². The van der Waals surface area contributed by atoms with E-state index in [1.54, 1.807) is 30.2 Å². The van der Waals surface area contributed by atoms with Crippen molar-refractivity contribution < 1.29 is 28.3 Å². The first-order valence-corrected chi connectivity index (χ1v) is 16.5. The van der Waals surface area contributed by atoms with E-state index in [-0.39, 0.29) is 47.9 Å². The van der Waals surface area contributed by atoms with Crippen molar-refractivity contribution in [1.82, 2.24) is 15.1 Å². The third kappa shape index (κ3) is 7.85. The minimum absolute atomic E-state index is 0.0537. The summed E-state index contributed by atoms with van der Waals surface area (Å²) in [4.78, 5) is 20.0. The van der Waals surface area contributed by atoms with Crippen molar-refractivity contribution >= 4 is 15.9 Å². The second kappa shape index (κ2) is 13.9. The predicted molar refractivity (Wildman–Crippen MR) is 165 cm³/mol. The second-order valence-electron chi connectivity index (χ2n) is 12.6. The molecule has 4 rings (SSSR count). The van der Waals surface area contributed by atoms with Crippen molar-refractivity contribution in [2.75, 3.05) is 13.2 Å². The monoisotopic (exact) mass is 611 g/mol. The number of hydroxylamine groups is 2. The van der Waals surface area contributed by atoms with Crippen LogP contribution in [0.2, 0.25) is 0 Å². The summed E-state index contributed by atoms with van der Waals surface area (Å²) in [6.45, 7) is 10.2. The van der Waals surface area contributed by atoms with Gasteiger partial charge in [0, 0.05) is 17.5 Å². The fraction of sp³-hybridized carbons (Fsp3) is 0.545. The zero-order chi connectivity index (χ0) is 31.4. The molecule has 2 aromatic rings. The molecule has 1 aliphatic carbocycles. The summed E-state index contributed by atoms with van der Waals surface area (Å²) in [6, 6.07) is 14.6. The van der Waals surface area contributed by atoms with E-state index < -0.39 is 34.2 Å². The molecule has 1 saturated heterocycles. The lowest BCUT2D eigenvalue weighted by Crippen LogP contribution is -2.54. The molecule has 0 aromatic heterocycles. The van der Waals surface area contributed by atoms with Gasteiger partial charge < -0.3 is 15.5 Å². The van der Waals surface area contributed by atoms with Crippen LogP contribution >= 0.6 is 0 Å². The number of benzene rings is 2. The lowest BCUT2D eigenvalue weighted by atomic mass is 9.57. The number of nitrogens with one attached hydrogen (secondary N) is 2. The van der Waals surface area contributed by atoms with E-state index in [1.165, 1.54) is 18.6 Å². The quantitative estimate of drug-likeness (QED) is 0.288. The average molecular weight is 612 g/mol. The minimum Gasteiger partial charge on any atom is -0.394 e. The van der Waals surface area contributed by atoms with E-state index in [1.807, 2.05) is 31.2 Å². The lowest BCUT2D eigenvalue weighted by molar-refractivity contribution is -0.182. The van der Waals surface area contributed by atoms with E-state index in [4.69, 9.17) is 4.84 Å². The topological polar surface area (TPSA) is 128 Å². The molecule has 1 heterocycles. The summed E-state index contributed by atoms with van der Waals surface area (Å²) >= 11 is 0. The van der Waals surface area contributed by atoms with E-state index in [9.17, 15) is 23.4 Å². The number of hydrogen-bond acceptors (Lipinski definition) is 7. The summed E-state index contributed by atoms with van der Waals surface area (Å²) in [5.74, 6) is 5.80. The van der Waals surface area contributed by atoms with Gasteiger partial charge in [-0.25, -0.2) is 8.42 Å². The van der Waals surface area contributed by atoms with Crippen molar-refractivity contribution in [1.29, 1.82) is 0 Å². The molecule has 1 aliphatic heterocycles. The van der Waals surface area contributed by atoms with Gasteiger partial charge in [-0.05, 0) is 73.8 Å². The molecule has 2 aromatic carbocycles. The zero-order valence-electron chi connectivity index (χ0n) is 25.7. The summed E-state index contributed by atoms with van der Waals surface area (Å²) in [5.41, 5.74) is 1.74. The minimum atomic E-state index is -3.65. The Morgan fingerprint density at radius 2 is 1.86 bits per heavy atom. The van der Waals surface area contributed by atoms with Gasteiger partial charge in [0.25, 0.3) is 0 Å². The molecule has 4 N–H and O–H groups in total. The molecule has 0 spiro atoms. The first-order valence-electron chi connectivity index (χ1n) is 15.0. The smallest absolute Gasteiger partial charge is 0.241 e. The van der Waals surface area contributed by atoms with Crippen molar-refractivity contribution in [2.24, 2.45) is 23.2 Å². The van der Waals surface area contributed by atoms with Crippen molar-refractivity contribution in [3.05, 3.63) is 65.7 Å². The Morgan fingerprint density at radius 3 is 2.47 bits per heavy atom. The molecule has 234 valence electrons. The molecule has 0 bridgehead atoms. The Labute approximate surface area is 256 Å². The Kier molecular flexibility index (Phi) is 10.7. The summed E-state index contributed by atoms with van der Waals surface area (Å²) in [7, 11) is -3.65. The number of amides is 1. The highest BCUT2D eigenvalue weighted by Gasteiger charge is 2.50. The van der Waals surface area contributed by atoms with Crippen LogP contribution in [0.1, 0.15) is 58.6 Å². The van der Waals surface area contributed by atoms with Crippen LogP contribution in [-0.2, 0) is 26.2 Å². The number of nitrogens with zero attached hydrogens (tertiary/aromatic N) is 1. The molecule has 1 saturated carbocycles. The number of sulfonamides is 1. The number of carbonyl (C=O) groups excluding carboxylic acids is 1. The largest absolute Gasteiger partial charge is 0.394 e. The highest BCUT2D eigenvalue weighted by molar-refractivity contribution is 7.89. The Morgan fingerprint density at radius 1 is 1.14 bits per heavy atom. The van der Waals surface area contributed by atoms with Crippen LogP contribution in [0.3, 0.4) is 0 Å². The molecule has 1 unspecified atom stereocenters. The third-order valence-electron chi connectivity index (χ3n) is 9.18. The highest BCUT2D eigenvalue weighted by Crippen LogP contribution is 2.50. The van der Waals surface area contributed by atoms with Crippen LogP contribution in [0.25, 0.3) is 0 Å². The number of aliphatic hydroxyl groups is 2. The number of aliphatic hydroxyl groups excluding tert-OH is 2. The molecule has 2 fully saturated rings. The molecule has 2 aliphatic rings. The zero-order valence-corrected chi connectivity index (χ0v) is 26.5. The maximum atomic E-state index is 13.7. The summed E-state index contributed by atoms with van der Waals surface area (Å²) < 4.78 is 27.3. The summed E-state index contributed by atoms with van der Waals surface area (Å²) in [6.07, 6.45) is 0.721. The molecular formula is C33H45N3O6S. The molecule has 43 heavy (non-hydrogen) atoms. The standard InChI is InChI=1S/C33H45N3O6S/c1-22(28-16-17-33(28,4)5)23(2)35-32(39)31-30(24(3)38)29(21-37)42-36(31)20-26-12-9-11-25(19-26)13-10-18-34-43(40,41)27-14-7-6-8-15-27/h6-9,11-12,14-15,19,22-24,28-31,34,37-38H,16-18,20-21H2,1-5H3,(H,35,39)/t22-,23+,24+,28+,29+,30?,31+/m1/s1. The van der Waals surface area contributed by atoms with Gasteiger partial charge in [-0.1, -0.05) is 62.9 Å². The highest BCUT2D eigenvalue weighted by atomic mass is 32.2. The van der Waals surface area contributed by atoms with Crippen molar-refractivity contribution in [3.63, 3.8) is 0 Å². The maximum absolute atomic E-state index is 13.7. The van der Waals surface area contributed by atoms with Gasteiger partial charge in [-0.15, -0.1) is 0 Å². The van der Waals surface area contributed by atoms with Crippen LogP contribution in [0.15, 0.2) is 59.5 Å². The van der Waals surface area contributed by atoms with Crippen LogP contribution < -0.4 is 10.0 Å². The first-order chi connectivity index (χ1) is 20.3. The molecule has 10 heteroatoms. The van der Waals surface area contributed by atoms with Crippen LogP contribution in [0, 0.1) is 35.0 Å². The normalized spacial score (nSPS) is 25.6. The summed E-state index contributed by atoms with van der Waals surface area (Å²) in [5, 5.41) is 25.4. The molecular weight excluding hydrogens is 566 g/mol. The number of hydrogen-bond donors (Lipinski definition) is 4. The number of rotatable bonds is 11. The fourth-order valence-electron chi connectivity index (χ4n) is 6.42. The second-order valence-corrected chi connectivity index (χ2v) is 14.4. The third-order valence-corrected chi connectivity index (χ3v) is 10.6. The van der Waals surface area contributed by atoms with Gasteiger partial charge in [0.15, 0.2) is 0 Å². The molecule has 1 amide bonds. The van der Waals surface area contributed by atoms with Gasteiger partial charge in [-0.2, -0.15) is 9.79 Å². The van der Waals surface area contributed by atoms with Gasteiger partial charge >= 0.3 is 0 Å². The Balaban J connectivity index is 1.45. The molecule has 9 nitrogen and oxygen atoms in total. The van der Waals surface area contributed by atoms with Crippen molar-refractivity contribution in [3.8, 4) is 11.8 Å². The van der Waals surface area contributed by atoms with Crippen LogP contribution in [-0.4, -0.2) is 67.0 Å². The fourth-order valence-corrected chi connectivity index (χ4v) is 7.36. The van der Waals surface area contributed by atoms with Gasteiger partial charge in [-0.3, -0.25) is 9.63 Å². The maximum Gasteiger partial charge on any atom is 0.241 e. The van der Waals surface area contributed by atoms with Crippen molar-refractivity contribution in [2.45, 2.75) is 83.2 Å². The number of carbonyl (C=O) groups is 1. The Hall–Kier alpha value is -2.78. The molecule has 0 radical (unpaired) electrons. The van der Waals surface area contributed by atoms with Gasteiger partial charge in [0.1, 0.15) is 12.1 Å². The van der Waals surface area contributed by atoms with E-state index in [2.05, 4.69) is 42.7 Å². The van der Waals surface area contributed by atoms with E-state index >= 15 is 0 Å². The van der Waals surface area contributed by atoms with E-state index in [0.717, 1.165) is 12.0 Å². The average Bonchev–Trinajstić information content (AvgIpc) is 3.34. The Bertz CT molecular complexity index is 1420. The predicted octanol–water partition coefficient (Wildman–Crippen LogP) is 3.07. The van der Waals surface area contributed by atoms with E-state index in [0.29, 0.717) is 11.5 Å². The lowest BCUT2D eigenvalue weighted by Gasteiger charge is -2.49.